The van der Waals surface area contributed by atoms with Crippen molar-refractivity contribution < 1.29 is 4.79 Å². The summed E-state index contributed by atoms with van der Waals surface area (Å²) in [5.74, 6) is 0. The highest BCUT2D eigenvalue weighted by Gasteiger charge is 2.39. The van der Waals surface area contributed by atoms with Crippen LogP contribution in [0.5, 0.6) is 0 Å². The second-order valence-electron chi connectivity index (χ2n) is 8.63. The van der Waals surface area contributed by atoms with E-state index in [1.54, 1.807) is 0 Å². The van der Waals surface area contributed by atoms with Crippen LogP contribution in [-0.4, -0.2) is 53.7 Å². The number of nitrogens with zero attached hydrogens (tertiary/aromatic N) is 3. The first kappa shape index (κ1) is 17.7. The zero-order valence-electron chi connectivity index (χ0n) is 16.1. The molecule has 0 aromatic carbocycles. The highest BCUT2D eigenvalue weighted by Crippen LogP contribution is 2.38. The lowest BCUT2D eigenvalue weighted by atomic mass is 10.1. The second-order valence-corrected chi connectivity index (χ2v) is 9.69. The molecule has 148 valence electrons. The predicted molar refractivity (Wildman–Crippen MR) is 108 cm³/mol. The van der Waals surface area contributed by atoms with Crippen LogP contribution in [0.4, 0.5) is 9.93 Å². The van der Waals surface area contributed by atoms with Crippen LogP contribution in [-0.2, 0) is 13.0 Å². The fourth-order valence-corrected chi connectivity index (χ4v) is 6.51. The summed E-state index contributed by atoms with van der Waals surface area (Å²) in [6.07, 6.45) is 10.9. The van der Waals surface area contributed by atoms with Crippen LogP contribution in [0, 0.1) is 0 Å². The van der Waals surface area contributed by atoms with Gasteiger partial charge in [-0.2, -0.15) is 0 Å². The van der Waals surface area contributed by atoms with Crippen molar-refractivity contribution in [3.8, 4) is 0 Å². The van der Waals surface area contributed by atoms with E-state index >= 15 is 0 Å². The third kappa shape index (κ3) is 3.56. The average Bonchev–Trinajstić information content (AvgIpc) is 3.07. The van der Waals surface area contributed by atoms with Crippen LogP contribution in [0.15, 0.2) is 0 Å². The largest absolute Gasteiger partial charge is 0.340 e. The fourth-order valence-electron chi connectivity index (χ4n) is 5.25. The molecule has 7 heteroatoms. The summed E-state index contributed by atoms with van der Waals surface area (Å²) in [6, 6.07) is 1.71. The van der Waals surface area contributed by atoms with Crippen LogP contribution < -0.4 is 15.5 Å². The van der Waals surface area contributed by atoms with Crippen LogP contribution in [0.3, 0.4) is 0 Å². The minimum atomic E-state index is 0.129. The molecular formula is C20H31N5OS. The van der Waals surface area contributed by atoms with Crippen molar-refractivity contribution in [3.63, 3.8) is 0 Å². The first-order chi connectivity index (χ1) is 13.3. The van der Waals surface area contributed by atoms with Crippen molar-refractivity contribution in [2.24, 2.45) is 0 Å². The van der Waals surface area contributed by atoms with Gasteiger partial charge in [-0.3, -0.25) is 0 Å². The Hall–Kier alpha value is -1.34. The number of nitrogens with one attached hydrogen (secondary N) is 2. The van der Waals surface area contributed by atoms with Gasteiger partial charge in [-0.05, 0) is 25.7 Å². The van der Waals surface area contributed by atoms with Gasteiger partial charge in [-0.1, -0.05) is 37.0 Å². The average molecular weight is 390 g/mol. The standard InChI is InChI=1S/C20H31N5OS/c26-19(22-14-5-3-1-2-4-6-14)24-10-9-17-18(13-24)27-20(23-17)25-15-7-8-16(25)12-21-11-15/h14-16,21H,1-13H2,(H,22,26). The molecule has 2 amide bonds. The van der Waals surface area contributed by atoms with Crippen molar-refractivity contribution in [1.29, 1.82) is 0 Å². The lowest BCUT2D eigenvalue weighted by molar-refractivity contribution is 0.187. The minimum Gasteiger partial charge on any atom is -0.340 e. The molecular weight excluding hydrogens is 358 g/mol. The lowest BCUT2D eigenvalue weighted by Gasteiger charge is -2.35. The summed E-state index contributed by atoms with van der Waals surface area (Å²) < 4.78 is 0. The molecule has 2 atom stereocenters. The Labute approximate surface area is 165 Å². The molecule has 4 aliphatic rings. The van der Waals surface area contributed by atoms with Crippen LogP contribution in [0.1, 0.15) is 61.9 Å². The van der Waals surface area contributed by atoms with Crippen molar-refractivity contribution in [2.75, 3.05) is 24.5 Å². The predicted octanol–water partition coefficient (Wildman–Crippen LogP) is 2.87. The molecule has 2 unspecified atom stereocenters. The van der Waals surface area contributed by atoms with E-state index < -0.39 is 0 Å². The molecule has 3 aliphatic heterocycles. The summed E-state index contributed by atoms with van der Waals surface area (Å²) in [4.78, 5) is 23.6. The summed E-state index contributed by atoms with van der Waals surface area (Å²) >= 11 is 1.83. The van der Waals surface area contributed by atoms with E-state index in [-0.39, 0.29) is 6.03 Å². The highest BCUT2D eigenvalue weighted by molar-refractivity contribution is 7.15. The maximum atomic E-state index is 12.8. The monoisotopic (exact) mass is 389 g/mol. The van der Waals surface area contributed by atoms with Crippen molar-refractivity contribution in [3.05, 3.63) is 10.6 Å². The summed E-state index contributed by atoms with van der Waals surface area (Å²) in [5, 5.41) is 8.05. The lowest BCUT2D eigenvalue weighted by Crippen LogP contribution is -2.51. The van der Waals surface area contributed by atoms with Crippen LogP contribution in [0.2, 0.25) is 0 Å². The van der Waals surface area contributed by atoms with E-state index in [0.717, 1.165) is 45.4 Å². The Morgan fingerprint density at radius 1 is 1.07 bits per heavy atom. The Morgan fingerprint density at radius 2 is 1.81 bits per heavy atom. The Kier molecular flexibility index (Phi) is 4.98. The van der Waals surface area contributed by atoms with Crippen LogP contribution in [0.25, 0.3) is 0 Å². The summed E-state index contributed by atoms with van der Waals surface area (Å²) in [7, 11) is 0. The molecule has 5 rings (SSSR count). The summed E-state index contributed by atoms with van der Waals surface area (Å²) in [6.45, 7) is 3.68. The Morgan fingerprint density at radius 3 is 2.56 bits per heavy atom. The van der Waals surface area contributed by atoms with Gasteiger partial charge in [-0.15, -0.1) is 0 Å². The maximum Gasteiger partial charge on any atom is 0.317 e. The topological polar surface area (TPSA) is 60.5 Å². The smallest absolute Gasteiger partial charge is 0.317 e. The van der Waals surface area contributed by atoms with E-state index in [0.29, 0.717) is 18.1 Å². The number of hydrogen-bond donors (Lipinski definition) is 2. The van der Waals surface area contributed by atoms with E-state index in [1.165, 1.54) is 54.2 Å². The number of anilines is 1. The Bertz CT molecular complexity index is 668. The first-order valence-electron chi connectivity index (χ1n) is 10.8. The van der Waals surface area contributed by atoms with E-state index in [1.807, 2.05) is 16.2 Å². The molecule has 1 aromatic heterocycles. The van der Waals surface area contributed by atoms with Gasteiger partial charge < -0.3 is 20.4 Å². The van der Waals surface area contributed by atoms with Gasteiger partial charge in [0.2, 0.25) is 0 Å². The van der Waals surface area contributed by atoms with Gasteiger partial charge in [-0.25, -0.2) is 9.78 Å². The molecule has 4 heterocycles. The quantitative estimate of drug-likeness (QED) is 0.764. The van der Waals surface area contributed by atoms with Gasteiger partial charge in [0.05, 0.1) is 12.2 Å². The molecule has 0 spiro atoms. The van der Waals surface area contributed by atoms with Gasteiger partial charge in [0.15, 0.2) is 5.13 Å². The molecule has 1 saturated carbocycles. The number of hydrogen-bond acceptors (Lipinski definition) is 5. The van der Waals surface area contributed by atoms with Crippen molar-refractivity contribution in [1.82, 2.24) is 20.5 Å². The molecule has 2 bridgehead atoms. The third-order valence-electron chi connectivity index (χ3n) is 6.79. The van der Waals surface area contributed by atoms with Gasteiger partial charge in [0, 0.05) is 49.1 Å². The van der Waals surface area contributed by atoms with Gasteiger partial charge in [0.1, 0.15) is 0 Å². The number of urea groups is 1. The number of thiazole rings is 1. The fraction of sp³-hybridized carbons (Fsp3) is 0.800. The summed E-state index contributed by atoms with van der Waals surface area (Å²) in [5.41, 5.74) is 1.23. The second kappa shape index (κ2) is 7.59. The number of carbonyl (C=O) groups excluding carboxylic acids is 1. The zero-order valence-corrected chi connectivity index (χ0v) is 16.9. The SMILES string of the molecule is O=C(NC1CCCCCC1)N1CCc2nc(N3C4CCC3CNC4)sc2C1. The molecule has 2 N–H and O–H groups in total. The molecule has 27 heavy (non-hydrogen) atoms. The minimum absolute atomic E-state index is 0.129. The molecule has 2 saturated heterocycles. The normalized spacial score (nSPS) is 28.7. The van der Waals surface area contributed by atoms with Crippen LogP contribution >= 0.6 is 11.3 Å². The molecule has 3 fully saturated rings. The Balaban J connectivity index is 1.25. The molecule has 1 aromatic rings. The number of amides is 2. The zero-order chi connectivity index (χ0) is 18.2. The highest BCUT2D eigenvalue weighted by atomic mass is 32.1. The van der Waals surface area contributed by atoms with Crippen molar-refractivity contribution in [2.45, 2.75) is 82.5 Å². The van der Waals surface area contributed by atoms with E-state index in [4.69, 9.17) is 4.98 Å². The molecule has 0 radical (unpaired) electrons. The van der Waals surface area contributed by atoms with Crippen molar-refractivity contribution >= 4 is 22.5 Å². The van der Waals surface area contributed by atoms with Gasteiger partial charge >= 0.3 is 6.03 Å². The van der Waals surface area contributed by atoms with Gasteiger partial charge in [0.25, 0.3) is 0 Å². The maximum absolute atomic E-state index is 12.8. The number of fused-ring (bicyclic) bond motifs is 3. The first-order valence-corrected chi connectivity index (χ1v) is 11.6. The number of piperazine rings is 1. The number of rotatable bonds is 2. The van der Waals surface area contributed by atoms with E-state index in [9.17, 15) is 4.79 Å². The third-order valence-corrected chi connectivity index (χ3v) is 7.89. The number of aromatic nitrogens is 1. The number of carbonyl (C=O) groups is 1. The molecule has 1 aliphatic carbocycles. The van der Waals surface area contributed by atoms with E-state index in [2.05, 4.69) is 15.5 Å². The molecule has 6 nitrogen and oxygen atoms in total.